The summed E-state index contributed by atoms with van der Waals surface area (Å²) in [7, 11) is 1.18. The van der Waals surface area contributed by atoms with Crippen LogP contribution in [-0.4, -0.2) is 18.0 Å². The molecule has 0 radical (unpaired) electrons. The topological polar surface area (TPSA) is 90.7 Å². The van der Waals surface area contributed by atoms with E-state index in [0.717, 1.165) is 6.07 Å². The van der Waals surface area contributed by atoms with Crippen LogP contribution < -0.4 is 9.84 Å². The van der Waals surface area contributed by atoms with Crippen LogP contribution in [0.4, 0.5) is 5.69 Å². The molecule has 16 heavy (non-hydrogen) atoms. The lowest BCUT2D eigenvalue weighted by atomic mass is 10.2. The molecule has 1 aromatic rings. The normalized spacial score (nSPS) is 9.62. The highest BCUT2D eigenvalue weighted by Gasteiger charge is 2.19. The number of carbonyl (C=O) groups excluding carboxylic acids is 1. The van der Waals surface area contributed by atoms with Crippen LogP contribution in [0.25, 0.3) is 0 Å². The SMILES string of the molecule is COC(=O)c1ccc(ONCl)c([N+](=O)[O-])c1. The van der Waals surface area contributed by atoms with Gasteiger partial charge in [0, 0.05) is 17.8 Å². The molecule has 0 amide bonds. The fraction of sp³-hybridized carbons (Fsp3) is 0.125. The molecule has 7 nitrogen and oxygen atoms in total. The van der Waals surface area contributed by atoms with E-state index < -0.39 is 16.6 Å². The van der Waals surface area contributed by atoms with Crippen molar-refractivity contribution in [2.75, 3.05) is 7.11 Å². The molecule has 0 unspecified atom stereocenters. The number of nitrogens with zero attached hydrogens (tertiary/aromatic N) is 1. The Balaban J connectivity index is 3.17. The van der Waals surface area contributed by atoms with Crippen LogP contribution in [0.2, 0.25) is 0 Å². The van der Waals surface area contributed by atoms with E-state index in [2.05, 4.69) is 9.57 Å². The van der Waals surface area contributed by atoms with Crippen molar-refractivity contribution >= 4 is 23.4 Å². The van der Waals surface area contributed by atoms with Crippen LogP contribution in [0.1, 0.15) is 10.4 Å². The smallest absolute Gasteiger partial charge is 0.338 e. The average molecular weight is 247 g/mol. The predicted molar refractivity (Wildman–Crippen MR) is 54.1 cm³/mol. The van der Waals surface area contributed by atoms with Crippen molar-refractivity contribution in [2.45, 2.75) is 0 Å². The van der Waals surface area contributed by atoms with Gasteiger partial charge in [-0.3, -0.25) is 10.1 Å². The van der Waals surface area contributed by atoms with Crippen LogP contribution in [0.3, 0.4) is 0 Å². The molecule has 8 heteroatoms. The van der Waals surface area contributed by atoms with Gasteiger partial charge in [-0.05, 0) is 12.1 Å². The van der Waals surface area contributed by atoms with Gasteiger partial charge in [-0.15, -0.1) is 0 Å². The largest absolute Gasteiger partial charge is 0.465 e. The minimum atomic E-state index is -0.698. The fourth-order valence-electron chi connectivity index (χ4n) is 1.03. The number of nitro groups is 1. The molecule has 1 aromatic carbocycles. The Hall–Kier alpha value is -1.86. The molecule has 0 spiro atoms. The first-order valence-corrected chi connectivity index (χ1v) is 4.37. The number of hydrogen-bond acceptors (Lipinski definition) is 6. The highest BCUT2D eigenvalue weighted by Crippen LogP contribution is 2.27. The Morgan fingerprint density at radius 3 is 2.75 bits per heavy atom. The summed E-state index contributed by atoms with van der Waals surface area (Å²) in [5.74, 6) is -0.777. The van der Waals surface area contributed by atoms with E-state index in [0.29, 0.717) is 0 Å². The van der Waals surface area contributed by atoms with Crippen LogP contribution >= 0.6 is 11.8 Å². The quantitative estimate of drug-likeness (QED) is 0.374. The first-order chi connectivity index (χ1) is 7.60. The molecule has 0 bridgehead atoms. The number of methoxy groups -OCH3 is 1. The van der Waals surface area contributed by atoms with Crippen molar-refractivity contribution in [1.29, 1.82) is 0 Å². The monoisotopic (exact) mass is 246 g/mol. The highest BCUT2D eigenvalue weighted by molar-refractivity contribution is 6.12. The number of nitro benzene ring substituents is 1. The van der Waals surface area contributed by atoms with Crippen LogP contribution in [-0.2, 0) is 4.74 Å². The van der Waals surface area contributed by atoms with Gasteiger partial charge in [0.2, 0.25) is 5.75 Å². The second-order valence-corrected chi connectivity index (χ2v) is 2.76. The van der Waals surface area contributed by atoms with Crippen LogP contribution in [0, 0.1) is 10.1 Å². The summed E-state index contributed by atoms with van der Waals surface area (Å²) in [5.41, 5.74) is -0.341. The third-order valence-electron chi connectivity index (χ3n) is 1.73. The van der Waals surface area contributed by atoms with Crippen molar-refractivity contribution in [3.05, 3.63) is 33.9 Å². The van der Waals surface area contributed by atoms with Crippen molar-refractivity contribution in [2.24, 2.45) is 0 Å². The standard InChI is InChI=1S/C8H7ClN2O5/c1-15-8(12)5-2-3-7(16-10-9)6(4-5)11(13)14/h2-4,10H,1H3. The molecule has 0 aliphatic carbocycles. The van der Waals surface area contributed by atoms with Crippen molar-refractivity contribution in [3.8, 4) is 5.75 Å². The molecule has 1 N–H and O–H groups in total. The van der Waals surface area contributed by atoms with E-state index in [9.17, 15) is 14.9 Å². The van der Waals surface area contributed by atoms with E-state index in [1.165, 1.54) is 19.2 Å². The summed E-state index contributed by atoms with van der Waals surface area (Å²) in [6, 6.07) is 3.59. The minimum Gasteiger partial charge on any atom is -0.465 e. The summed E-state index contributed by atoms with van der Waals surface area (Å²) in [6.45, 7) is 0. The number of rotatable bonds is 4. The van der Waals surface area contributed by atoms with Crippen molar-refractivity contribution in [3.63, 3.8) is 0 Å². The Morgan fingerprint density at radius 2 is 2.25 bits per heavy atom. The highest BCUT2D eigenvalue weighted by atomic mass is 35.5. The van der Waals surface area contributed by atoms with Crippen molar-refractivity contribution < 1.29 is 19.3 Å². The predicted octanol–water partition coefficient (Wildman–Crippen LogP) is 1.42. The second kappa shape index (κ2) is 5.29. The second-order valence-electron chi connectivity index (χ2n) is 2.61. The molecule has 0 heterocycles. The Bertz CT molecular complexity index is 423. The summed E-state index contributed by atoms with van der Waals surface area (Å²) in [6.07, 6.45) is 0. The van der Waals surface area contributed by atoms with Gasteiger partial charge in [0.05, 0.1) is 17.6 Å². The lowest BCUT2D eigenvalue weighted by Crippen LogP contribution is -2.08. The maximum atomic E-state index is 11.1. The number of halogens is 1. The first kappa shape index (κ1) is 12.2. The molecule has 0 saturated carbocycles. The number of ether oxygens (including phenoxy) is 1. The molecule has 0 fully saturated rings. The van der Waals surface area contributed by atoms with E-state index in [1.54, 1.807) is 5.00 Å². The molecular weight excluding hydrogens is 240 g/mol. The van der Waals surface area contributed by atoms with E-state index in [4.69, 9.17) is 11.8 Å². The molecule has 0 saturated heterocycles. The zero-order valence-corrected chi connectivity index (χ0v) is 8.85. The zero-order chi connectivity index (χ0) is 12.1. The minimum absolute atomic E-state index is 0.0520. The molecule has 0 atom stereocenters. The lowest BCUT2D eigenvalue weighted by molar-refractivity contribution is -0.386. The molecule has 0 aromatic heterocycles. The van der Waals surface area contributed by atoms with Gasteiger partial charge in [0.1, 0.15) is 0 Å². The Labute approximate surface area is 95.1 Å². The molecule has 1 rings (SSSR count). The Kier molecular flexibility index (Phi) is 4.03. The van der Waals surface area contributed by atoms with Gasteiger partial charge < -0.3 is 9.57 Å². The molecule has 86 valence electrons. The summed E-state index contributed by atoms with van der Waals surface area (Å²) < 4.78 is 4.43. The van der Waals surface area contributed by atoms with E-state index in [-0.39, 0.29) is 11.3 Å². The van der Waals surface area contributed by atoms with Gasteiger partial charge in [0.15, 0.2) is 0 Å². The number of benzene rings is 1. The van der Waals surface area contributed by atoms with Gasteiger partial charge in [-0.2, -0.15) is 0 Å². The van der Waals surface area contributed by atoms with Crippen LogP contribution in [0.5, 0.6) is 5.75 Å². The van der Waals surface area contributed by atoms with Crippen LogP contribution in [0.15, 0.2) is 18.2 Å². The molecule has 0 aliphatic heterocycles. The number of hydrogen-bond donors (Lipinski definition) is 1. The fourth-order valence-corrected chi connectivity index (χ4v) is 1.12. The Morgan fingerprint density at radius 1 is 1.56 bits per heavy atom. The molecule has 0 aliphatic rings. The summed E-state index contributed by atoms with van der Waals surface area (Å²) in [5, 5.41) is 10.7. The van der Waals surface area contributed by atoms with Gasteiger partial charge >= 0.3 is 11.7 Å². The number of nitrogens with one attached hydrogen (secondary N) is 1. The average Bonchev–Trinajstić information content (AvgIpc) is 2.28. The molecular formula is C8H7ClN2O5. The maximum Gasteiger partial charge on any atom is 0.338 e. The lowest BCUT2D eigenvalue weighted by Gasteiger charge is -2.04. The maximum absolute atomic E-state index is 11.1. The summed E-state index contributed by atoms with van der Waals surface area (Å²) >= 11 is 5.06. The van der Waals surface area contributed by atoms with Gasteiger partial charge in [0.25, 0.3) is 0 Å². The first-order valence-electron chi connectivity index (χ1n) is 3.99. The van der Waals surface area contributed by atoms with Gasteiger partial charge in [-0.25, -0.2) is 4.79 Å². The zero-order valence-electron chi connectivity index (χ0n) is 8.10. The third kappa shape index (κ3) is 2.59. The summed E-state index contributed by atoms with van der Waals surface area (Å²) in [4.78, 5) is 27.5. The third-order valence-corrected chi connectivity index (χ3v) is 1.80. The van der Waals surface area contributed by atoms with Crippen molar-refractivity contribution in [1.82, 2.24) is 5.00 Å². The number of carbonyl (C=O) groups is 1. The number of esters is 1. The van der Waals surface area contributed by atoms with E-state index >= 15 is 0 Å². The van der Waals surface area contributed by atoms with Gasteiger partial charge in [-0.1, -0.05) is 5.00 Å². The van der Waals surface area contributed by atoms with E-state index in [1.807, 2.05) is 0 Å².